The molecule has 104 valence electrons. The molecule has 0 spiro atoms. The van der Waals surface area contributed by atoms with Crippen LogP contribution in [0.3, 0.4) is 0 Å². The second-order valence-electron chi connectivity index (χ2n) is 4.38. The molecule has 2 heterocycles. The van der Waals surface area contributed by atoms with Crippen molar-refractivity contribution in [1.82, 2.24) is 19.9 Å². The van der Waals surface area contributed by atoms with Gasteiger partial charge in [-0.15, -0.1) is 11.3 Å². The lowest BCUT2D eigenvalue weighted by atomic mass is 10.4. The molecule has 0 aliphatic rings. The Morgan fingerprint density at radius 3 is 3.11 bits per heavy atom. The highest BCUT2D eigenvalue weighted by atomic mass is 32.1. The lowest BCUT2D eigenvalue weighted by Crippen LogP contribution is -2.20. The molecule has 0 aromatic carbocycles. The molecule has 19 heavy (non-hydrogen) atoms. The van der Waals surface area contributed by atoms with Crippen LogP contribution in [0.15, 0.2) is 17.9 Å². The molecule has 0 atom stereocenters. The predicted octanol–water partition coefficient (Wildman–Crippen LogP) is 1.63. The van der Waals surface area contributed by atoms with Gasteiger partial charge in [-0.25, -0.2) is 9.97 Å². The third-order valence-corrected chi connectivity index (χ3v) is 3.85. The van der Waals surface area contributed by atoms with Gasteiger partial charge in [0.25, 0.3) is 0 Å². The molecular weight excluding hydrogens is 260 g/mol. The number of hydrogen-bond donors (Lipinski definition) is 1. The Bertz CT molecular complexity index is 494. The van der Waals surface area contributed by atoms with E-state index >= 15 is 0 Å². The van der Waals surface area contributed by atoms with E-state index in [0.29, 0.717) is 0 Å². The zero-order valence-corrected chi connectivity index (χ0v) is 12.2. The Kier molecular flexibility index (Phi) is 5.50. The fraction of sp³-hybridized carbons (Fsp3) is 0.538. The molecule has 0 saturated heterocycles. The maximum absolute atomic E-state index is 5.01. The van der Waals surface area contributed by atoms with Crippen LogP contribution >= 0.6 is 11.3 Å². The number of aryl methyl sites for hydroxylation is 3. The monoisotopic (exact) mass is 280 g/mol. The molecule has 0 radical (unpaired) electrons. The predicted molar refractivity (Wildman–Crippen MR) is 76.4 cm³/mol. The number of nitrogens with one attached hydrogen (secondary N) is 1. The Balaban J connectivity index is 1.81. The topological polar surface area (TPSA) is 52.0 Å². The molecule has 0 amide bonds. The minimum Gasteiger partial charge on any atom is -0.383 e. The van der Waals surface area contributed by atoms with Crippen LogP contribution in [-0.2, 0) is 24.2 Å². The van der Waals surface area contributed by atoms with Crippen molar-refractivity contribution in [2.24, 2.45) is 0 Å². The first kappa shape index (κ1) is 14.2. The van der Waals surface area contributed by atoms with Gasteiger partial charge in [-0.1, -0.05) is 0 Å². The summed E-state index contributed by atoms with van der Waals surface area (Å²) in [4.78, 5) is 8.69. The SMILES string of the molecule is COCCNCc1cncn1CCc1nc(C)cs1. The number of thiazole rings is 1. The largest absolute Gasteiger partial charge is 0.383 e. The number of methoxy groups -OCH3 is 1. The summed E-state index contributed by atoms with van der Waals surface area (Å²) in [5.74, 6) is 0. The molecular formula is C13H20N4OS. The Labute approximate surface area is 117 Å². The van der Waals surface area contributed by atoms with E-state index in [1.165, 1.54) is 10.7 Å². The summed E-state index contributed by atoms with van der Waals surface area (Å²) in [6, 6.07) is 0. The first-order valence-corrected chi connectivity index (χ1v) is 7.27. The normalized spacial score (nSPS) is 11.1. The van der Waals surface area contributed by atoms with E-state index in [9.17, 15) is 0 Å². The fourth-order valence-corrected chi connectivity index (χ4v) is 2.59. The maximum Gasteiger partial charge on any atom is 0.0948 e. The van der Waals surface area contributed by atoms with Crippen molar-refractivity contribution in [2.45, 2.75) is 26.4 Å². The number of rotatable bonds is 8. The smallest absolute Gasteiger partial charge is 0.0948 e. The van der Waals surface area contributed by atoms with E-state index < -0.39 is 0 Å². The van der Waals surface area contributed by atoms with E-state index in [-0.39, 0.29) is 0 Å². The van der Waals surface area contributed by atoms with Crippen LogP contribution < -0.4 is 5.32 Å². The molecule has 0 aliphatic carbocycles. The van der Waals surface area contributed by atoms with Gasteiger partial charge in [0, 0.05) is 50.4 Å². The van der Waals surface area contributed by atoms with Gasteiger partial charge in [-0.2, -0.15) is 0 Å². The summed E-state index contributed by atoms with van der Waals surface area (Å²) in [5, 5.41) is 6.61. The number of nitrogens with zero attached hydrogens (tertiary/aromatic N) is 3. The maximum atomic E-state index is 5.01. The summed E-state index contributed by atoms with van der Waals surface area (Å²) < 4.78 is 7.18. The quantitative estimate of drug-likeness (QED) is 0.747. The second-order valence-corrected chi connectivity index (χ2v) is 5.32. The van der Waals surface area contributed by atoms with Gasteiger partial charge in [-0.3, -0.25) is 0 Å². The molecule has 0 fully saturated rings. The Morgan fingerprint density at radius 1 is 1.47 bits per heavy atom. The number of aromatic nitrogens is 3. The van der Waals surface area contributed by atoms with E-state index in [1.807, 2.05) is 19.4 Å². The average Bonchev–Trinajstić information content (AvgIpc) is 3.01. The highest BCUT2D eigenvalue weighted by Gasteiger charge is 2.04. The average molecular weight is 280 g/mol. The summed E-state index contributed by atoms with van der Waals surface area (Å²) in [6.45, 7) is 5.36. The van der Waals surface area contributed by atoms with Crippen LogP contribution in [0, 0.1) is 6.92 Å². The van der Waals surface area contributed by atoms with Gasteiger partial charge in [0.2, 0.25) is 0 Å². The summed E-state index contributed by atoms with van der Waals surface area (Å²) >= 11 is 1.72. The first-order chi connectivity index (χ1) is 9.29. The summed E-state index contributed by atoms with van der Waals surface area (Å²) in [6.07, 6.45) is 4.75. The van der Waals surface area contributed by atoms with E-state index in [2.05, 4.69) is 25.2 Å². The molecule has 2 aromatic heterocycles. The first-order valence-electron chi connectivity index (χ1n) is 6.39. The summed E-state index contributed by atoms with van der Waals surface area (Å²) in [5.41, 5.74) is 2.30. The summed E-state index contributed by atoms with van der Waals surface area (Å²) in [7, 11) is 1.71. The molecule has 2 rings (SSSR count). The van der Waals surface area contributed by atoms with Crippen molar-refractivity contribution in [1.29, 1.82) is 0 Å². The minimum atomic E-state index is 0.729. The highest BCUT2D eigenvalue weighted by Crippen LogP contribution is 2.11. The molecule has 2 aromatic rings. The van der Waals surface area contributed by atoms with Crippen LogP contribution in [0.4, 0.5) is 0 Å². The van der Waals surface area contributed by atoms with Crippen molar-refractivity contribution in [2.75, 3.05) is 20.3 Å². The standard InChI is InChI=1S/C13H20N4OS/c1-11-9-19-13(16-11)3-5-17-10-15-8-12(17)7-14-4-6-18-2/h8-10,14H,3-7H2,1-2H3. The number of imidazole rings is 1. The number of ether oxygens (including phenoxy) is 1. The third-order valence-electron chi connectivity index (χ3n) is 2.82. The van der Waals surface area contributed by atoms with Crippen LogP contribution in [0.2, 0.25) is 0 Å². The van der Waals surface area contributed by atoms with Gasteiger partial charge < -0.3 is 14.6 Å². The van der Waals surface area contributed by atoms with E-state index in [0.717, 1.165) is 38.4 Å². The van der Waals surface area contributed by atoms with Gasteiger partial charge in [-0.05, 0) is 6.92 Å². The third kappa shape index (κ3) is 4.41. The van der Waals surface area contributed by atoms with Gasteiger partial charge in [0.15, 0.2) is 0 Å². The molecule has 5 nitrogen and oxygen atoms in total. The van der Waals surface area contributed by atoms with Gasteiger partial charge >= 0.3 is 0 Å². The molecule has 0 bridgehead atoms. The molecule has 1 N–H and O–H groups in total. The molecule has 0 aliphatic heterocycles. The number of hydrogen-bond acceptors (Lipinski definition) is 5. The molecule has 0 saturated carbocycles. The van der Waals surface area contributed by atoms with Crippen LogP contribution in [0.1, 0.15) is 16.4 Å². The Morgan fingerprint density at radius 2 is 2.37 bits per heavy atom. The van der Waals surface area contributed by atoms with Gasteiger partial charge in [0.1, 0.15) is 0 Å². The Hall–Kier alpha value is -1.24. The minimum absolute atomic E-state index is 0.729. The van der Waals surface area contributed by atoms with Gasteiger partial charge in [0.05, 0.1) is 23.6 Å². The van der Waals surface area contributed by atoms with Crippen molar-refractivity contribution in [3.8, 4) is 0 Å². The lowest BCUT2D eigenvalue weighted by molar-refractivity contribution is 0.199. The van der Waals surface area contributed by atoms with Crippen molar-refractivity contribution < 1.29 is 4.74 Å². The zero-order valence-electron chi connectivity index (χ0n) is 11.4. The van der Waals surface area contributed by atoms with Crippen LogP contribution in [0.25, 0.3) is 0 Å². The fourth-order valence-electron chi connectivity index (χ4n) is 1.82. The molecule has 6 heteroatoms. The van der Waals surface area contributed by atoms with Crippen molar-refractivity contribution >= 4 is 11.3 Å². The second kappa shape index (κ2) is 7.37. The van der Waals surface area contributed by atoms with Crippen molar-refractivity contribution in [3.63, 3.8) is 0 Å². The van der Waals surface area contributed by atoms with Crippen molar-refractivity contribution in [3.05, 3.63) is 34.3 Å². The zero-order chi connectivity index (χ0) is 13.5. The highest BCUT2D eigenvalue weighted by molar-refractivity contribution is 7.09. The van der Waals surface area contributed by atoms with Crippen LogP contribution in [0.5, 0.6) is 0 Å². The lowest BCUT2D eigenvalue weighted by Gasteiger charge is -2.08. The van der Waals surface area contributed by atoms with E-state index in [4.69, 9.17) is 4.74 Å². The van der Waals surface area contributed by atoms with Crippen LogP contribution in [-0.4, -0.2) is 34.8 Å². The van der Waals surface area contributed by atoms with E-state index in [1.54, 1.807) is 18.4 Å². The molecule has 0 unspecified atom stereocenters.